The Labute approximate surface area is 173 Å². The van der Waals surface area contributed by atoms with Gasteiger partial charge in [-0.1, -0.05) is 6.07 Å². The molecule has 13 heteroatoms. The third-order valence-electron chi connectivity index (χ3n) is 3.81. The monoisotopic (exact) mass is 455 g/mol. The lowest BCUT2D eigenvalue weighted by Gasteiger charge is -2.10. The number of hydrogen-bond donors (Lipinski definition) is 3. The van der Waals surface area contributed by atoms with Gasteiger partial charge in [0.25, 0.3) is 16.0 Å². The first-order valence-corrected chi connectivity index (χ1v) is 9.87. The highest BCUT2D eigenvalue weighted by Crippen LogP contribution is 2.33. The number of hydrogen-bond acceptors (Lipinski definition) is 5. The summed E-state index contributed by atoms with van der Waals surface area (Å²) >= 11 is 0. The van der Waals surface area contributed by atoms with Crippen LogP contribution >= 0.6 is 0 Å². The van der Waals surface area contributed by atoms with Crippen LogP contribution in [-0.2, 0) is 21.0 Å². The van der Waals surface area contributed by atoms with Crippen molar-refractivity contribution in [3.8, 4) is 0 Å². The Morgan fingerprint density at radius 3 is 2.42 bits per heavy atom. The molecule has 0 fully saturated rings. The third kappa shape index (κ3) is 5.66. The fourth-order valence-corrected chi connectivity index (χ4v) is 3.37. The van der Waals surface area contributed by atoms with Gasteiger partial charge in [0.2, 0.25) is 5.91 Å². The van der Waals surface area contributed by atoms with Gasteiger partial charge in [-0.05, 0) is 48.0 Å². The SMILES string of the molecule is O=C(/C=C/c1ccc(F)cc1C(F)(F)F)Nc1ccc(S(=O)(=O)Nc2nc[nH]n2)cc1. The molecule has 1 aromatic heterocycles. The first-order chi connectivity index (χ1) is 14.5. The van der Waals surface area contributed by atoms with Crippen LogP contribution in [0.2, 0.25) is 0 Å². The standard InChI is InChI=1S/C18H13F4N5O3S/c19-12-3-1-11(15(9-12)18(20,21)22)2-8-16(28)25-13-4-6-14(7-5-13)31(29,30)27-17-23-10-24-26-17/h1-10H,(H,25,28)(H2,23,24,26,27)/b8-2+. The second-order valence-electron chi connectivity index (χ2n) is 6.00. The van der Waals surface area contributed by atoms with Gasteiger partial charge in [0.05, 0.1) is 10.5 Å². The van der Waals surface area contributed by atoms with E-state index in [1.165, 1.54) is 30.6 Å². The molecule has 2 aromatic carbocycles. The number of halogens is 4. The Hall–Kier alpha value is -3.74. The number of alkyl halides is 3. The quantitative estimate of drug-likeness (QED) is 0.389. The Balaban J connectivity index is 1.69. The molecule has 0 aliphatic carbocycles. The molecule has 0 spiro atoms. The molecule has 3 aromatic rings. The summed E-state index contributed by atoms with van der Waals surface area (Å²) in [5, 5.41) is 8.30. The zero-order valence-corrected chi connectivity index (χ0v) is 16.1. The summed E-state index contributed by atoms with van der Waals surface area (Å²) in [5.41, 5.74) is -1.41. The van der Waals surface area contributed by atoms with Crippen LogP contribution in [0.1, 0.15) is 11.1 Å². The van der Waals surface area contributed by atoms with E-state index in [9.17, 15) is 30.8 Å². The highest BCUT2D eigenvalue weighted by molar-refractivity contribution is 7.92. The molecule has 1 heterocycles. The number of sulfonamides is 1. The average molecular weight is 455 g/mol. The van der Waals surface area contributed by atoms with E-state index in [0.29, 0.717) is 6.07 Å². The first kappa shape index (κ1) is 22.0. The molecule has 0 aliphatic heterocycles. The lowest BCUT2D eigenvalue weighted by Crippen LogP contribution is -2.14. The van der Waals surface area contributed by atoms with Crippen LogP contribution in [0.25, 0.3) is 6.08 Å². The molecular formula is C18H13F4N5O3S. The summed E-state index contributed by atoms with van der Waals surface area (Å²) in [4.78, 5) is 15.5. The smallest absolute Gasteiger partial charge is 0.323 e. The third-order valence-corrected chi connectivity index (χ3v) is 5.15. The number of nitrogens with one attached hydrogen (secondary N) is 3. The van der Waals surface area contributed by atoms with Crippen molar-refractivity contribution in [3.05, 3.63) is 71.8 Å². The van der Waals surface area contributed by atoms with Crippen molar-refractivity contribution in [3.63, 3.8) is 0 Å². The van der Waals surface area contributed by atoms with Crippen molar-refractivity contribution in [1.82, 2.24) is 15.2 Å². The van der Waals surface area contributed by atoms with Gasteiger partial charge < -0.3 is 5.32 Å². The van der Waals surface area contributed by atoms with Gasteiger partial charge in [-0.2, -0.15) is 18.2 Å². The summed E-state index contributed by atoms with van der Waals surface area (Å²) < 4.78 is 78.6. The molecule has 1 amide bonds. The number of H-pyrrole nitrogens is 1. The molecule has 3 N–H and O–H groups in total. The summed E-state index contributed by atoms with van der Waals surface area (Å²) in [6, 6.07) is 7.07. The fourth-order valence-electron chi connectivity index (χ4n) is 2.42. The predicted octanol–water partition coefficient (Wildman–Crippen LogP) is 3.42. The molecule has 162 valence electrons. The Morgan fingerprint density at radius 1 is 1.10 bits per heavy atom. The number of carbonyl (C=O) groups excluding carboxylic acids is 1. The lowest BCUT2D eigenvalue weighted by atomic mass is 10.1. The van der Waals surface area contributed by atoms with E-state index >= 15 is 0 Å². The lowest BCUT2D eigenvalue weighted by molar-refractivity contribution is -0.138. The topological polar surface area (TPSA) is 117 Å². The normalized spacial score (nSPS) is 12.1. The minimum absolute atomic E-state index is 0.132. The number of benzene rings is 2. The number of nitrogens with zero attached hydrogens (tertiary/aromatic N) is 2. The van der Waals surface area contributed by atoms with Crippen LogP contribution in [0.5, 0.6) is 0 Å². The maximum absolute atomic E-state index is 13.1. The van der Waals surface area contributed by atoms with Crippen LogP contribution in [0.3, 0.4) is 0 Å². The first-order valence-electron chi connectivity index (χ1n) is 8.39. The second kappa shape index (κ2) is 8.55. The van der Waals surface area contributed by atoms with E-state index in [2.05, 4.69) is 25.2 Å². The van der Waals surface area contributed by atoms with Crippen molar-refractivity contribution >= 4 is 33.6 Å². The molecule has 0 radical (unpaired) electrons. The van der Waals surface area contributed by atoms with Crippen LogP contribution in [0, 0.1) is 5.82 Å². The molecule has 31 heavy (non-hydrogen) atoms. The van der Waals surface area contributed by atoms with E-state index in [1.54, 1.807) is 0 Å². The zero-order chi connectivity index (χ0) is 22.6. The van der Waals surface area contributed by atoms with Gasteiger partial charge >= 0.3 is 6.18 Å². The van der Waals surface area contributed by atoms with E-state index in [4.69, 9.17) is 0 Å². The second-order valence-corrected chi connectivity index (χ2v) is 7.69. The van der Waals surface area contributed by atoms with E-state index in [-0.39, 0.29) is 22.1 Å². The minimum atomic E-state index is -4.79. The zero-order valence-electron chi connectivity index (χ0n) is 15.3. The summed E-state index contributed by atoms with van der Waals surface area (Å²) in [6.07, 6.45) is -1.86. The maximum atomic E-state index is 13.1. The number of aromatic nitrogens is 3. The minimum Gasteiger partial charge on any atom is -0.323 e. The molecule has 0 saturated carbocycles. The predicted molar refractivity (Wildman–Crippen MR) is 103 cm³/mol. The fraction of sp³-hybridized carbons (Fsp3) is 0.0556. The summed E-state index contributed by atoms with van der Waals surface area (Å²) in [6.45, 7) is 0. The summed E-state index contributed by atoms with van der Waals surface area (Å²) in [5.74, 6) is -1.98. The van der Waals surface area contributed by atoms with E-state index in [0.717, 1.165) is 24.3 Å². The number of rotatable bonds is 6. The van der Waals surface area contributed by atoms with Crippen LogP contribution < -0.4 is 10.0 Å². The van der Waals surface area contributed by atoms with Crippen LogP contribution in [0.15, 0.2) is 59.8 Å². The van der Waals surface area contributed by atoms with Crippen molar-refractivity contribution < 1.29 is 30.8 Å². The van der Waals surface area contributed by atoms with Crippen molar-refractivity contribution in [2.75, 3.05) is 10.0 Å². The Morgan fingerprint density at radius 2 is 1.81 bits per heavy atom. The van der Waals surface area contributed by atoms with Crippen molar-refractivity contribution in [1.29, 1.82) is 0 Å². The highest BCUT2D eigenvalue weighted by atomic mass is 32.2. The van der Waals surface area contributed by atoms with E-state index < -0.39 is 33.5 Å². The van der Waals surface area contributed by atoms with Gasteiger partial charge in [-0.3, -0.25) is 9.89 Å². The molecule has 0 bridgehead atoms. The maximum Gasteiger partial charge on any atom is 0.417 e. The average Bonchev–Trinajstić information content (AvgIpc) is 3.19. The molecule has 0 unspecified atom stereocenters. The largest absolute Gasteiger partial charge is 0.417 e. The van der Waals surface area contributed by atoms with E-state index in [1.807, 2.05) is 0 Å². The Bertz CT molecular complexity index is 1210. The molecule has 8 nitrogen and oxygen atoms in total. The number of aromatic amines is 1. The van der Waals surface area contributed by atoms with Crippen molar-refractivity contribution in [2.24, 2.45) is 0 Å². The highest BCUT2D eigenvalue weighted by Gasteiger charge is 2.33. The number of amides is 1. The van der Waals surface area contributed by atoms with Gasteiger partial charge in [0.1, 0.15) is 12.1 Å². The molecule has 3 rings (SSSR count). The van der Waals surface area contributed by atoms with Crippen molar-refractivity contribution in [2.45, 2.75) is 11.1 Å². The molecular weight excluding hydrogens is 442 g/mol. The van der Waals surface area contributed by atoms with Crippen LogP contribution in [-0.4, -0.2) is 29.5 Å². The molecule has 0 saturated heterocycles. The summed E-state index contributed by atoms with van der Waals surface area (Å²) in [7, 11) is -3.96. The van der Waals surface area contributed by atoms with Gasteiger partial charge in [-0.15, -0.1) is 5.10 Å². The number of anilines is 2. The number of carbonyl (C=O) groups is 1. The van der Waals surface area contributed by atoms with Crippen LogP contribution in [0.4, 0.5) is 29.2 Å². The van der Waals surface area contributed by atoms with Gasteiger partial charge in [0, 0.05) is 11.8 Å². The molecule has 0 atom stereocenters. The van der Waals surface area contributed by atoms with Gasteiger partial charge in [-0.25, -0.2) is 17.5 Å². The van der Waals surface area contributed by atoms with Gasteiger partial charge in [0.15, 0.2) is 0 Å². The molecule has 0 aliphatic rings. The Kier molecular flexibility index (Phi) is 6.06.